The predicted molar refractivity (Wildman–Crippen MR) is 204 cm³/mol. The molecule has 1 fully saturated rings. The van der Waals surface area contributed by atoms with Crippen molar-refractivity contribution in [2.45, 2.75) is 109 Å². The zero-order valence-electron chi connectivity index (χ0n) is 31.4. The zero-order valence-corrected chi connectivity index (χ0v) is 32.9. The number of hydrogen-bond donors (Lipinski definition) is 2. The Labute approximate surface area is 312 Å². The first-order valence-electron chi connectivity index (χ1n) is 17.5. The number of nitrogens with zero attached hydrogens (tertiary/aromatic N) is 4. The molecule has 3 aromatic heterocycles. The number of aromatic nitrogens is 3. The van der Waals surface area contributed by atoms with Crippen LogP contribution < -0.4 is 10.0 Å². The van der Waals surface area contributed by atoms with E-state index in [0.29, 0.717) is 29.7 Å². The lowest BCUT2D eigenvalue weighted by atomic mass is 9.86. The number of anilines is 1. The lowest BCUT2D eigenvalue weighted by Crippen LogP contribution is -2.45. The molecule has 4 heterocycles. The number of ether oxygens (including phenoxy) is 1. The van der Waals surface area contributed by atoms with E-state index in [1.807, 2.05) is 50.8 Å². The second-order valence-electron chi connectivity index (χ2n) is 16.2. The van der Waals surface area contributed by atoms with Crippen LogP contribution in [0.15, 0.2) is 65.8 Å². The molecule has 1 aromatic carbocycles. The van der Waals surface area contributed by atoms with Crippen LogP contribution in [0.25, 0.3) is 10.9 Å². The Morgan fingerprint density at radius 2 is 1.75 bits per heavy atom. The van der Waals surface area contributed by atoms with Gasteiger partial charge < -0.3 is 15.0 Å². The number of carbonyl (C=O) groups excluding carboxylic acids is 2. The number of para-hydroxylation sites is 1. The average Bonchev–Trinajstić information content (AvgIpc) is 3.36. The topological polar surface area (TPSA) is 143 Å². The molecule has 13 heteroatoms. The van der Waals surface area contributed by atoms with Gasteiger partial charge in [-0.15, -0.1) is 0 Å². The van der Waals surface area contributed by atoms with Crippen molar-refractivity contribution in [2.24, 2.45) is 5.92 Å². The number of likely N-dealkylation sites (tertiary alicyclic amines) is 1. The largest absolute Gasteiger partial charge is 0.444 e. The summed E-state index contributed by atoms with van der Waals surface area (Å²) in [7, 11) is -4.40. The summed E-state index contributed by atoms with van der Waals surface area (Å²) in [6.07, 6.45) is 3.65. The molecule has 0 bridgehead atoms. The van der Waals surface area contributed by atoms with Crippen LogP contribution in [-0.2, 0) is 20.2 Å². The monoisotopic (exact) mass is 748 g/mol. The van der Waals surface area contributed by atoms with E-state index in [2.05, 4.69) is 60.7 Å². The third kappa shape index (κ3) is 9.19. The Hall–Kier alpha value is -4.29. The van der Waals surface area contributed by atoms with Gasteiger partial charge in [0, 0.05) is 23.7 Å². The van der Waals surface area contributed by atoms with E-state index in [1.165, 1.54) is 12.1 Å². The highest BCUT2D eigenvalue weighted by atomic mass is 35.5. The fourth-order valence-electron chi connectivity index (χ4n) is 6.56. The molecule has 1 aliphatic rings. The van der Waals surface area contributed by atoms with Crippen LogP contribution >= 0.6 is 11.6 Å². The summed E-state index contributed by atoms with van der Waals surface area (Å²) >= 11 is 6.34. The summed E-state index contributed by atoms with van der Waals surface area (Å²) in [5.74, 6) is -0.416. The molecule has 4 aromatic rings. The van der Waals surface area contributed by atoms with Crippen molar-refractivity contribution >= 4 is 50.3 Å². The number of nitrogens with one attached hydrogen (secondary N) is 2. The molecule has 278 valence electrons. The van der Waals surface area contributed by atoms with Crippen molar-refractivity contribution in [3.05, 3.63) is 88.3 Å². The molecule has 1 unspecified atom stereocenters. The van der Waals surface area contributed by atoms with Crippen LogP contribution in [0.2, 0.25) is 5.15 Å². The molecular weight excluding hydrogens is 700 g/mol. The minimum Gasteiger partial charge on any atom is -0.444 e. The van der Waals surface area contributed by atoms with Gasteiger partial charge in [-0.05, 0) is 114 Å². The van der Waals surface area contributed by atoms with Crippen molar-refractivity contribution in [3.8, 4) is 0 Å². The zero-order chi connectivity index (χ0) is 38.2. The van der Waals surface area contributed by atoms with Crippen molar-refractivity contribution in [2.75, 3.05) is 11.9 Å². The molecule has 1 saturated heterocycles. The van der Waals surface area contributed by atoms with Crippen LogP contribution in [0.4, 0.5) is 10.6 Å². The van der Waals surface area contributed by atoms with E-state index in [-0.39, 0.29) is 44.7 Å². The van der Waals surface area contributed by atoms with Crippen molar-refractivity contribution in [3.63, 3.8) is 0 Å². The summed E-state index contributed by atoms with van der Waals surface area (Å²) in [5, 5.41) is 3.64. The number of aryl methyl sites for hydroxylation is 1. The fourth-order valence-corrected chi connectivity index (χ4v) is 7.72. The number of pyridine rings is 3. The van der Waals surface area contributed by atoms with Crippen LogP contribution in [0.5, 0.6) is 0 Å². The van der Waals surface area contributed by atoms with Crippen LogP contribution in [0, 0.1) is 12.8 Å². The summed E-state index contributed by atoms with van der Waals surface area (Å²) in [4.78, 5) is 41.6. The number of hydrogen-bond acceptors (Lipinski definition) is 9. The van der Waals surface area contributed by atoms with Gasteiger partial charge in [0.05, 0.1) is 22.8 Å². The van der Waals surface area contributed by atoms with Crippen LogP contribution in [0.1, 0.15) is 108 Å². The maximum absolute atomic E-state index is 13.5. The Balaban J connectivity index is 1.37. The van der Waals surface area contributed by atoms with E-state index in [4.69, 9.17) is 21.3 Å². The highest BCUT2D eigenvalue weighted by Crippen LogP contribution is 2.38. The van der Waals surface area contributed by atoms with E-state index in [9.17, 15) is 18.0 Å². The summed E-state index contributed by atoms with van der Waals surface area (Å²) in [6, 6.07) is 15.3. The lowest BCUT2D eigenvalue weighted by Gasteiger charge is -2.33. The maximum Gasteiger partial charge on any atom is 0.410 e. The highest BCUT2D eigenvalue weighted by Gasteiger charge is 2.43. The second-order valence-corrected chi connectivity index (χ2v) is 18.2. The van der Waals surface area contributed by atoms with Gasteiger partial charge in [-0.1, -0.05) is 56.6 Å². The summed E-state index contributed by atoms with van der Waals surface area (Å²) in [6.45, 7) is 18.5. The van der Waals surface area contributed by atoms with Gasteiger partial charge in [-0.2, -0.15) is 8.42 Å². The highest BCUT2D eigenvalue weighted by molar-refractivity contribution is 7.90. The summed E-state index contributed by atoms with van der Waals surface area (Å²) in [5.41, 5.74) is 2.23. The molecule has 5 rings (SSSR count). The molecule has 0 saturated carbocycles. The molecule has 0 aliphatic carbocycles. The summed E-state index contributed by atoms with van der Waals surface area (Å²) < 4.78 is 34.8. The number of sulfonamides is 1. The molecule has 0 radical (unpaired) electrons. The maximum atomic E-state index is 13.5. The Kier molecular flexibility index (Phi) is 10.9. The van der Waals surface area contributed by atoms with Crippen molar-refractivity contribution in [1.29, 1.82) is 0 Å². The molecule has 2 amide bonds. The first kappa shape index (κ1) is 38.9. The van der Waals surface area contributed by atoms with Crippen LogP contribution in [-0.4, -0.2) is 58.0 Å². The first-order valence-corrected chi connectivity index (χ1v) is 19.3. The predicted octanol–water partition coefficient (Wildman–Crippen LogP) is 8.37. The quantitative estimate of drug-likeness (QED) is 0.161. The van der Waals surface area contributed by atoms with Crippen molar-refractivity contribution < 1.29 is 22.7 Å². The third-order valence-electron chi connectivity index (χ3n) is 9.23. The van der Waals surface area contributed by atoms with Gasteiger partial charge >= 0.3 is 6.09 Å². The average molecular weight is 749 g/mol. The molecule has 0 spiro atoms. The van der Waals surface area contributed by atoms with Gasteiger partial charge in [0.2, 0.25) is 0 Å². The first-order chi connectivity index (χ1) is 24.1. The van der Waals surface area contributed by atoms with Crippen LogP contribution in [0.3, 0.4) is 0 Å². The Morgan fingerprint density at radius 3 is 2.44 bits per heavy atom. The minimum atomic E-state index is -4.40. The van der Waals surface area contributed by atoms with E-state index in [1.54, 1.807) is 24.4 Å². The molecule has 2 atom stereocenters. The van der Waals surface area contributed by atoms with E-state index < -0.39 is 21.5 Å². The third-order valence-corrected chi connectivity index (χ3v) is 10.8. The molecular formula is C39H49ClN6O5S. The Morgan fingerprint density at radius 1 is 1.04 bits per heavy atom. The number of rotatable bonds is 9. The number of benzene rings is 1. The molecule has 2 N–H and O–H groups in total. The molecule has 1 aliphatic heterocycles. The second kappa shape index (κ2) is 14.6. The van der Waals surface area contributed by atoms with Crippen molar-refractivity contribution in [1.82, 2.24) is 24.6 Å². The number of carbonyl (C=O) groups is 2. The van der Waals surface area contributed by atoms with Gasteiger partial charge in [-0.25, -0.2) is 19.5 Å². The molecule has 52 heavy (non-hydrogen) atoms. The lowest BCUT2D eigenvalue weighted by molar-refractivity contribution is 0.0130. The van der Waals surface area contributed by atoms with Gasteiger partial charge in [0.25, 0.3) is 15.9 Å². The number of halogens is 1. The Bertz CT molecular complexity index is 2090. The smallest absolute Gasteiger partial charge is 0.410 e. The van der Waals surface area contributed by atoms with E-state index in [0.717, 1.165) is 29.7 Å². The van der Waals surface area contributed by atoms with Gasteiger partial charge in [0.15, 0.2) is 5.03 Å². The van der Waals surface area contributed by atoms with Gasteiger partial charge in [-0.3, -0.25) is 9.78 Å². The SMILES string of the molecule is Cc1cccc2cc(C(=O)NS(=O)(=O)c3cccc(NC(CC[C@@H]4CN(C(=O)OC(C)(C)C)C(C)(C)C4)c4cc(C(C)(C)C)ccn4)n3)c(Cl)nc12. The number of fused-ring (bicyclic) bond motifs is 1. The normalized spacial score (nSPS) is 16.8. The molecule has 11 nitrogen and oxygen atoms in total. The van der Waals surface area contributed by atoms with E-state index >= 15 is 0 Å². The fraction of sp³-hybridized carbons (Fsp3) is 0.462. The number of amides is 2. The van der Waals surface area contributed by atoms with Gasteiger partial charge in [0.1, 0.15) is 16.6 Å². The standard InChI is InChI=1S/C39H49ClN6O5S/c1-24-12-10-13-26-20-28(34(40)44-33(24)26)35(47)45-52(49,50)32-15-11-14-31(43-32)42-29(30-21-27(18-19-41-30)37(2,3)4)17-16-25-22-39(8,9)46(23-25)36(48)51-38(5,6)7/h10-15,18-21,25,29H,16-17,22-23H2,1-9H3,(H,42,43)(H,45,47)/t25-,29?/m0/s1. The minimum absolute atomic E-state index is 0.0668.